The fourth-order valence-corrected chi connectivity index (χ4v) is 5.08. The van der Waals surface area contributed by atoms with Crippen LogP contribution in [0.2, 0.25) is 0 Å². The highest BCUT2D eigenvalue weighted by molar-refractivity contribution is 6.07. The largest absolute Gasteiger partial charge is 0.375 e. The molecule has 1 aromatic carbocycles. The summed E-state index contributed by atoms with van der Waals surface area (Å²) in [6.45, 7) is 8.17. The lowest BCUT2D eigenvalue weighted by Crippen LogP contribution is -2.42. The van der Waals surface area contributed by atoms with Crippen LogP contribution < -0.4 is 15.1 Å². The zero-order chi connectivity index (χ0) is 26.4. The number of hydrogen-bond donors (Lipinski definition) is 2. The average molecular weight is 516 g/mol. The lowest BCUT2D eigenvalue weighted by molar-refractivity contribution is -0.113. The lowest BCUT2D eigenvalue weighted by Gasteiger charge is -2.33. The molecule has 0 unspecified atom stereocenters. The van der Waals surface area contributed by atoms with Gasteiger partial charge in [-0.15, -0.1) is 0 Å². The fraction of sp³-hybridized carbons (Fsp3) is 0.400. The second kappa shape index (κ2) is 9.49. The first-order valence-electron chi connectivity index (χ1n) is 12.7. The normalized spacial score (nSPS) is 19.7. The van der Waals surface area contributed by atoms with E-state index in [9.17, 15) is 4.79 Å². The van der Waals surface area contributed by atoms with Crippen LogP contribution in [0.3, 0.4) is 0 Å². The summed E-state index contributed by atoms with van der Waals surface area (Å²) in [7, 11) is 1.84. The van der Waals surface area contributed by atoms with Crippen molar-refractivity contribution in [3.8, 4) is 11.4 Å². The molecule has 1 saturated heterocycles. The van der Waals surface area contributed by atoms with Gasteiger partial charge in [0.25, 0.3) is 5.91 Å². The van der Waals surface area contributed by atoms with E-state index in [-0.39, 0.29) is 18.1 Å². The monoisotopic (exact) mass is 515 g/mol. The Hall–Kier alpha value is -4.39. The van der Waals surface area contributed by atoms with Gasteiger partial charge in [0, 0.05) is 43.0 Å². The molecule has 38 heavy (non-hydrogen) atoms. The van der Waals surface area contributed by atoms with Gasteiger partial charge in [-0.2, -0.15) is 5.10 Å². The number of fused-ring (bicyclic) bond motifs is 2. The first-order chi connectivity index (χ1) is 18.4. The number of aromatic amines is 1. The molecule has 2 N–H and O–H groups in total. The van der Waals surface area contributed by atoms with Crippen LogP contribution in [0.5, 0.6) is 0 Å². The minimum Gasteiger partial charge on any atom is -0.375 e. The molecule has 13 heteroatoms. The molecule has 13 nitrogen and oxygen atoms in total. The van der Waals surface area contributed by atoms with Gasteiger partial charge >= 0.3 is 0 Å². The molecule has 1 fully saturated rings. The first-order valence-corrected chi connectivity index (χ1v) is 12.7. The molecule has 196 valence electrons. The van der Waals surface area contributed by atoms with Crippen molar-refractivity contribution in [3.05, 3.63) is 41.9 Å². The van der Waals surface area contributed by atoms with Crippen molar-refractivity contribution >= 4 is 34.3 Å². The Morgan fingerprint density at radius 2 is 2.13 bits per heavy atom. The molecule has 5 heterocycles. The highest BCUT2D eigenvalue weighted by atomic mass is 16.5. The number of allylic oxidation sites excluding steroid dienone is 1. The molecule has 2 atom stereocenters. The predicted molar refractivity (Wildman–Crippen MR) is 142 cm³/mol. The van der Waals surface area contributed by atoms with E-state index in [0.717, 1.165) is 41.9 Å². The number of carbonyl (C=O) groups excluding carboxylic acids is 1. The molecule has 6 rings (SSSR count). The Labute approximate surface area is 218 Å². The summed E-state index contributed by atoms with van der Waals surface area (Å²) in [6, 6.07) is 7.30. The standard InChI is InChI=1S/C25H29N11O2/c1-5-17-12-35(8-9-38-17)21-11-20(26-13-27-21)23-18-10-16(6-7-19(18)29-30-23)28-24(37)22-14(2)34(4)25-31-32-33-36(25)15(22)3/h6-7,10-11,13,15,17H,5,8-9,12H2,1-4H3,(H,28,37)(H,29,30)/t15-,17+/m0/s1. The summed E-state index contributed by atoms with van der Waals surface area (Å²) < 4.78 is 7.45. The molecular weight excluding hydrogens is 486 g/mol. The van der Waals surface area contributed by atoms with Gasteiger partial charge in [-0.25, -0.2) is 14.6 Å². The van der Waals surface area contributed by atoms with Crippen molar-refractivity contribution in [3.63, 3.8) is 0 Å². The average Bonchev–Trinajstić information content (AvgIpc) is 3.60. The summed E-state index contributed by atoms with van der Waals surface area (Å²) in [4.78, 5) is 26.5. The van der Waals surface area contributed by atoms with E-state index in [1.165, 1.54) is 0 Å². The summed E-state index contributed by atoms with van der Waals surface area (Å²) in [5.41, 5.74) is 4.28. The molecular formula is C25H29N11O2. The predicted octanol–water partition coefficient (Wildman–Crippen LogP) is 2.55. The first kappa shape index (κ1) is 24.0. The molecule has 0 bridgehead atoms. The van der Waals surface area contributed by atoms with Crippen LogP contribution in [0.4, 0.5) is 17.5 Å². The molecule has 0 spiro atoms. The lowest BCUT2D eigenvalue weighted by atomic mass is 10.0. The zero-order valence-corrected chi connectivity index (χ0v) is 21.7. The third-order valence-corrected chi connectivity index (χ3v) is 7.33. The molecule has 0 saturated carbocycles. The van der Waals surface area contributed by atoms with Crippen molar-refractivity contribution in [2.24, 2.45) is 0 Å². The summed E-state index contributed by atoms with van der Waals surface area (Å²) in [6.07, 6.45) is 2.71. The number of carbonyl (C=O) groups is 1. The SMILES string of the molecule is CC[C@@H]1CN(c2cc(-c3n[nH]c4ccc(NC(=O)C5=C(C)N(C)c6nnnn6[C@H]5C)cc34)ncn2)CCO1. The Kier molecular flexibility index (Phi) is 5.98. The van der Waals surface area contributed by atoms with Gasteiger partial charge < -0.3 is 19.9 Å². The number of tetrazole rings is 1. The molecule has 0 aliphatic carbocycles. The van der Waals surface area contributed by atoms with E-state index >= 15 is 0 Å². The van der Waals surface area contributed by atoms with Crippen LogP contribution in [-0.2, 0) is 9.53 Å². The maximum Gasteiger partial charge on any atom is 0.255 e. The minimum atomic E-state index is -0.309. The number of morpholine rings is 1. The number of nitrogens with one attached hydrogen (secondary N) is 2. The summed E-state index contributed by atoms with van der Waals surface area (Å²) >= 11 is 0. The number of nitrogens with zero attached hydrogens (tertiary/aromatic N) is 9. The van der Waals surface area contributed by atoms with Crippen molar-refractivity contribution in [1.82, 2.24) is 40.4 Å². The van der Waals surface area contributed by atoms with Crippen LogP contribution in [0.25, 0.3) is 22.3 Å². The number of benzene rings is 1. The van der Waals surface area contributed by atoms with Crippen LogP contribution in [0, 0.1) is 0 Å². The maximum atomic E-state index is 13.4. The third kappa shape index (κ3) is 4.04. The van der Waals surface area contributed by atoms with Gasteiger partial charge in [-0.3, -0.25) is 9.89 Å². The number of aromatic nitrogens is 8. The minimum absolute atomic E-state index is 0.192. The van der Waals surface area contributed by atoms with Crippen LogP contribution in [-0.4, -0.2) is 79.1 Å². The second-order valence-corrected chi connectivity index (χ2v) is 9.55. The Morgan fingerprint density at radius 1 is 1.26 bits per heavy atom. The number of anilines is 3. The van der Waals surface area contributed by atoms with Gasteiger partial charge in [-0.05, 0) is 48.9 Å². The van der Waals surface area contributed by atoms with Gasteiger partial charge in [0.1, 0.15) is 17.8 Å². The number of hydrogen-bond acceptors (Lipinski definition) is 10. The van der Waals surface area contributed by atoms with Crippen molar-refractivity contribution in [2.45, 2.75) is 39.3 Å². The quantitative estimate of drug-likeness (QED) is 0.407. The molecule has 2 aliphatic heterocycles. The topological polar surface area (TPSA) is 143 Å². The number of ether oxygens (including phenoxy) is 1. The van der Waals surface area contributed by atoms with Crippen molar-refractivity contribution in [1.29, 1.82) is 0 Å². The van der Waals surface area contributed by atoms with E-state index in [0.29, 0.717) is 35.2 Å². The number of amides is 1. The molecule has 1 amide bonds. The fourth-order valence-electron chi connectivity index (χ4n) is 5.08. The second-order valence-electron chi connectivity index (χ2n) is 9.55. The van der Waals surface area contributed by atoms with Crippen LogP contribution in [0.15, 0.2) is 41.9 Å². The Balaban J connectivity index is 1.28. The van der Waals surface area contributed by atoms with Crippen LogP contribution in [0.1, 0.15) is 33.2 Å². The Bertz CT molecular complexity index is 1540. The van der Waals surface area contributed by atoms with Gasteiger partial charge in [0.2, 0.25) is 5.95 Å². The van der Waals surface area contributed by atoms with Crippen LogP contribution >= 0.6 is 0 Å². The highest BCUT2D eigenvalue weighted by Gasteiger charge is 2.32. The van der Waals surface area contributed by atoms with E-state index < -0.39 is 0 Å². The molecule has 4 aromatic rings. The summed E-state index contributed by atoms with van der Waals surface area (Å²) in [5, 5.41) is 23.4. The number of H-pyrrole nitrogens is 1. The van der Waals surface area contributed by atoms with E-state index in [4.69, 9.17) is 4.74 Å². The molecule has 3 aromatic heterocycles. The van der Waals surface area contributed by atoms with E-state index in [1.807, 2.05) is 50.1 Å². The van der Waals surface area contributed by atoms with Gasteiger partial charge in [0.15, 0.2) is 0 Å². The molecule has 2 aliphatic rings. The third-order valence-electron chi connectivity index (χ3n) is 7.33. The highest BCUT2D eigenvalue weighted by Crippen LogP contribution is 2.33. The van der Waals surface area contributed by atoms with Crippen molar-refractivity contribution in [2.75, 3.05) is 41.9 Å². The van der Waals surface area contributed by atoms with E-state index in [2.05, 4.69) is 52.8 Å². The Morgan fingerprint density at radius 3 is 2.97 bits per heavy atom. The molecule has 0 radical (unpaired) electrons. The van der Waals surface area contributed by atoms with E-state index in [1.54, 1.807) is 11.0 Å². The van der Waals surface area contributed by atoms with Gasteiger partial charge in [0.05, 0.1) is 35.5 Å². The smallest absolute Gasteiger partial charge is 0.255 e. The number of rotatable bonds is 5. The van der Waals surface area contributed by atoms with Gasteiger partial charge in [-0.1, -0.05) is 12.0 Å². The maximum absolute atomic E-state index is 13.4. The summed E-state index contributed by atoms with van der Waals surface area (Å²) in [5.74, 6) is 1.23. The van der Waals surface area contributed by atoms with Crippen molar-refractivity contribution < 1.29 is 9.53 Å². The zero-order valence-electron chi connectivity index (χ0n) is 21.7.